The van der Waals surface area contributed by atoms with Gasteiger partial charge < -0.3 is 10.0 Å². The summed E-state index contributed by atoms with van der Waals surface area (Å²) in [6.07, 6.45) is -3.97. The second-order valence-electron chi connectivity index (χ2n) is 4.89. The third-order valence-electron chi connectivity index (χ3n) is 3.29. The molecular weight excluding hydrogens is 263 g/mol. The van der Waals surface area contributed by atoms with Gasteiger partial charge in [-0.25, -0.2) is 0 Å². The van der Waals surface area contributed by atoms with Crippen molar-refractivity contribution in [3.05, 3.63) is 0 Å². The fraction of sp³-hybridized carbons (Fsp3) is 0.833. The summed E-state index contributed by atoms with van der Waals surface area (Å²) in [5, 5.41) is 8.70. The van der Waals surface area contributed by atoms with E-state index in [1.807, 2.05) is 0 Å². The molecule has 0 unspecified atom stereocenters. The van der Waals surface area contributed by atoms with Crippen molar-refractivity contribution in [2.24, 2.45) is 5.92 Å². The van der Waals surface area contributed by atoms with Gasteiger partial charge in [0.25, 0.3) is 0 Å². The van der Waals surface area contributed by atoms with Gasteiger partial charge in [-0.2, -0.15) is 13.2 Å². The topological polar surface area (TPSA) is 57.6 Å². The third kappa shape index (κ3) is 6.45. The van der Waals surface area contributed by atoms with Gasteiger partial charge in [-0.3, -0.25) is 9.59 Å². The maximum absolute atomic E-state index is 12.0. The van der Waals surface area contributed by atoms with E-state index >= 15 is 0 Å². The molecule has 1 rings (SSSR count). The Balaban J connectivity index is 2.39. The molecule has 1 heterocycles. The molecule has 4 nitrogen and oxygen atoms in total. The predicted molar refractivity (Wildman–Crippen MR) is 61.5 cm³/mol. The zero-order valence-corrected chi connectivity index (χ0v) is 10.6. The number of carbonyl (C=O) groups excluding carboxylic acids is 1. The monoisotopic (exact) mass is 281 g/mol. The lowest BCUT2D eigenvalue weighted by Crippen LogP contribution is -2.32. The van der Waals surface area contributed by atoms with Crippen LogP contribution in [0.5, 0.6) is 0 Å². The van der Waals surface area contributed by atoms with E-state index in [9.17, 15) is 22.8 Å². The van der Waals surface area contributed by atoms with E-state index in [4.69, 9.17) is 5.11 Å². The molecule has 0 aromatic carbocycles. The van der Waals surface area contributed by atoms with Crippen LogP contribution in [-0.4, -0.2) is 41.1 Å². The summed E-state index contributed by atoms with van der Waals surface area (Å²) in [7, 11) is 0. The minimum atomic E-state index is -4.31. The molecule has 1 aliphatic heterocycles. The zero-order valence-electron chi connectivity index (χ0n) is 10.6. The lowest BCUT2D eigenvalue weighted by Gasteiger charge is -2.21. The minimum absolute atomic E-state index is 0.0120. The van der Waals surface area contributed by atoms with Crippen LogP contribution in [-0.2, 0) is 9.59 Å². The molecule has 1 amide bonds. The molecule has 110 valence electrons. The highest BCUT2D eigenvalue weighted by Crippen LogP contribution is 2.24. The number of hydrogen-bond donors (Lipinski definition) is 1. The first-order valence-corrected chi connectivity index (χ1v) is 6.34. The molecule has 0 saturated carbocycles. The summed E-state index contributed by atoms with van der Waals surface area (Å²) in [6.45, 7) is 0.779. The Morgan fingerprint density at radius 2 is 1.89 bits per heavy atom. The molecule has 1 atom stereocenters. The molecule has 1 fully saturated rings. The van der Waals surface area contributed by atoms with Crippen molar-refractivity contribution in [2.45, 2.75) is 44.7 Å². The first-order valence-electron chi connectivity index (χ1n) is 6.34. The van der Waals surface area contributed by atoms with Crippen LogP contribution >= 0.6 is 0 Å². The standard InChI is InChI=1S/C12H18F3NO3/c13-12(14,15)5-3-10(17)16-6-1-2-9(4-7-16)8-11(18)19/h9H,1-8H2,(H,18,19)/t9-/m1/s1. The van der Waals surface area contributed by atoms with E-state index in [-0.39, 0.29) is 12.3 Å². The van der Waals surface area contributed by atoms with E-state index < -0.39 is 30.9 Å². The largest absolute Gasteiger partial charge is 0.481 e. The number of alkyl halides is 3. The number of carboxylic acids is 1. The van der Waals surface area contributed by atoms with Gasteiger partial charge >= 0.3 is 12.1 Å². The summed E-state index contributed by atoms with van der Waals surface area (Å²) < 4.78 is 36.1. The van der Waals surface area contributed by atoms with Crippen molar-refractivity contribution < 1.29 is 27.9 Å². The number of aliphatic carboxylic acids is 1. The van der Waals surface area contributed by atoms with Gasteiger partial charge in [-0.05, 0) is 25.2 Å². The van der Waals surface area contributed by atoms with Crippen LogP contribution in [0.1, 0.15) is 38.5 Å². The maximum Gasteiger partial charge on any atom is 0.389 e. The van der Waals surface area contributed by atoms with Crippen molar-refractivity contribution in [2.75, 3.05) is 13.1 Å². The molecule has 7 heteroatoms. The van der Waals surface area contributed by atoms with Crippen LogP contribution in [0.3, 0.4) is 0 Å². The first kappa shape index (κ1) is 15.8. The lowest BCUT2D eigenvalue weighted by molar-refractivity contribution is -0.149. The number of likely N-dealkylation sites (tertiary alicyclic amines) is 1. The van der Waals surface area contributed by atoms with Gasteiger partial charge in [-0.15, -0.1) is 0 Å². The molecule has 0 aliphatic carbocycles. The smallest absolute Gasteiger partial charge is 0.389 e. The van der Waals surface area contributed by atoms with Gasteiger partial charge in [0, 0.05) is 25.9 Å². The quantitative estimate of drug-likeness (QED) is 0.861. The van der Waals surface area contributed by atoms with Gasteiger partial charge in [0.2, 0.25) is 5.91 Å². The van der Waals surface area contributed by atoms with Crippen molar-refractivity contribution in [3.63, 3.8) is 0 Å². The van der Waals surface area contributed by atoms with Crippen molar-refractivity contribution >= 4 is 11.9 Å². The van der Waals surface area contributed by atoms with Gasteiger partial charge in [-0.1, -0.05) is 0 Å². The average Bonchev–Trinajstić information content (AvgIpc) is 2.50. The molecule has 1 saturated heterocycles. The Morgan fingerprint density at radius 1 is 1.21 bits per heavy atom. The highest BCUT2D eigenvalue weighted by atomic mass is 19.4. The number of rotatable bonds is 4. The summed E-state index contributed by atoms with van der Waals surface area (Å²) in [6, 6.07) is 0. The average molecular weight is 281 g/mol. The Bertz CT molecular complexity index is 331. The van der Waals surface area contributed by atoms with Crippen LogP contribution in [0, 0.1) is 5.92 Å². The SMILES string of the molecule is O=C(O)C[C@@H]1CCCN(C(=O)CCC(F)(F)F)CC1. The molecule has 0 aromatic rings. The van der Waals surface area contributed by atoms with Gasteiger partial charge in [0.15, 0.2) is 0 Å². The zero-order chi connectivity index (χ0) is 14.5. The van der Waals surface area contributed by atoms with Crippen molar-refractivity contribution in [1.29, 1.82) is 0 Å². The Kier molecular flexibility index (Phi) is 5.62. The Morgan fingerprint density at radius 3 is 2.47 bits per heavy atom. The van der Waals surface area contributed by atoms with Crippen molar-refractivity contribution in [3.8, 4) is 0 Å². The fourth-order valence-corrected chi connectivity index (χ4v) is 2.27. The van der Waals surface area contributed by atoms with E-state index in [0.29, 0.717) is 32.4 Å². The third-order valence-corrected chi connectivity index (χ3v) is 3.29. The molecule has 0 bridgehead atoms. The number of halogens is 3. The summed E-state index contributed by atoms with van der Waals surface area (Å²) >= 11 is 0. The Labute approximate surface area is 109 Å². The van der Waals surface area contributed by atoms with Gasteiger partial charge in [0.05, 0.1) is 6.42 Å². The van der Waals surface area contributed by atoms with E-state index in [1.54, 1.807) is 0 Å². The molecule has 0 aromatic heterocycles. The highest BCUT2D eigenvalue weighted by molar-refractivity contribution is 5.76. The number of hydrogen-bond acceptors (Lipinski definition) is 2. The molecule has 19 heavy (non-hydrogen) atoms. The first-order chi connectivity index (χ1) is 8.78. The van der Waals surface area contributed by atoms with Crippen LogP contribution < -0.4 is 0 Å². The summed E-state index contributed by atoms with van der Waals surface area (Å²) in [5.41, 5.74) is 0. The Hall–Kier alpha value is -1.27. The van der Waals surface area contributed by atoms with Crippen LogP contribution in [0.25, 0.3) is 0 Å². The fourth-order valence-electron chi connectivity index (χ4n) is 2.27. The van der Waals surface area contributed by atoms with E-state index in [2.05, 4.69) is 0 Å². The molecular formula is C12H18F3NO3. The molecule has 1 aliphatic rings. The number of carbonyl (C=O) groups is 2. The maximum atomic E-state index is 12.0. The normalized spacial score (nSPS) is 21.0. The van der Waals surface area contributed by atoms with Crippen LogP contribution in [0.15, 0.2) is 0 Å². The van der Waals surface area contributed by atoms with E-state index in [0.717, 1.165) is 0 Å². The highest BCUT2D eigenvalue weighted by Gasteiger charge is 2.30. The molecule has 0 radical (unpaired) electrons. The van der Waals surface area contributed by atoms with Crippen molar-refractivity contribution in [1.82, 2.24) is 4.90 Å². The van der Waals surface area contributed by atoms with Gasteiger partial charge in [0.1, 0.15) is 0 Å². The second-order valence-corrected chi connectivity index (χ2v) is 4.89. The number of carboxylic acid groups (broad SMARTS) is 1. The lowest BCUT2D eigenvalue weighted by atomic mass is 9.97. The number of nitrogens with zero attached hydrogens (tertiary/aromatic N) is 1. The van der Waals surface area contributed by atoms with E-state index in [1.165, 1.54) is 4.90 Å². The van der Waals surface area contributed by atoms with Crippen LogP contribution in [0.4, 0.5) is 13.2 Å². The number of amides is 1. The second kappa shape index (κ2) is 6.77. The summed E-state index contributed by atoms with van der Waals surface area (Å²) in [5.74, 6) is -1.35. The minimum Gasteiger partial charge on any atom is -0.481 e. The predicted octanol–water partition coefficient (Wildman–Crippen LogP) is 2.43. The summed E-state index contributed by atoms with van der Waals surface area (Å²) in [4.78, 5) is 23.7. The molecule has 0 spiro atoms. The van der Waals surface area contributed by atoms with Crippen LogP contribution in [0.2, 0.25) is 0 Å². The molecule has 1 N–H and O–H groups in total.